The van der Waals surface area contributed by atoms with Crippen LogP contribution in [0, 0.1) is 6.92 Å². The summed E-state index contributed by atoms with van der Waals surface area (Å²) in [6.45, 7) is 3.27. The van der Waals surface area contributed by atoms with E-state index < -0.39 is 0 Å². The Morgan fingerprint density at radius 2 is 1.91 bits per heavy atom. The average Bonchev–Trinajstić information content (AvgIpc) is 2.95. The van der Waals surface area contributed by atoms with E-state index in [1.807, 2.05) is 23.9 Å². The van der Waals surface area contributed by atoms with Crippen LogP contribution in [0.5, 0.6) is 11.5 Å². The number of rotatable bonds is 7. The second-order valence-electron chi connectivity index (χ2n) is 4.87. The van der Waals surface area contributed by atoms with Crippen LogP contribution < -0.4 is 14.8 Å². The standard InChI is InChI=1S/C16H21N3O3/c1-12-8-11-19(18-12)10-5-9-17-16(20)15-13(21-2)6-4-7-14(15)22-3/h4,6-8,11H,5,9-10H2,1-3H3,(H,17,20). The van der Waals surface area contributed by atoms with Gasteiger partial charge in [0.15, 0.2) is 0 Å². The Bertz CT molecular complexity index is 615. The highest BCUT2D eigenvalue weighted by Crippen LogP contribution is 2.27. The van der Waals surface area contributed by atoms with E-state index in [0.29, 0.717) is 23.6 Å². The van der Waals surface area contributed by atoms with Crippen molar-refractivity contribution in [2.24, 2.45) is 0 Å². The zero-order valence-electron chi connectivity index (χ0n) is 13.1. The maximum absolute atomic E-state index is 12.3. The molecule has 0 bridgehead atoms. The van der Waals surface area contributed by atoms with E-state index in [-0.39, 0.29) is 5.91 Å². The predicted molar refractivity (Wildman–Crippen MR) is 83.5 cm³/mol. The lowest BCUT2D eigenvalue weighted by molar-refractivity contribution is 0.0946. The normalized spacial score (nSPS) is 10.3. The van der Waals surface area contributed by atoms with E-state index in [0.717, 1.165) is 18.7 Å². The molecule has 0 fully saturated rings. The first kappa shape index (κ1) is 15.9. The molecule has 0 atom stereocenters. The molecule has 0 saturated heterocycles. The molecule has 6 nitrogen and oxygen atoms in total. The lowest BCUT2D eigenvalue weighted by atomic mass is 10.1. The second-order valence-corrected chi connectivity index (χ2v) is 4.87. The number of methoxy groups -OCH3 is 2. The molecule has 0 aliphatic rings. The van der Waals surface area contributed by atoms with Crippen molar-refractivity contribution >= 4 is 5.91 Å². The van der Waals surface area contributed by atoms with Crippen LogP contribution in [0.15, 0.2) is 30.5 Å². The summed E-state index contributed by atoms with van der Waals surface area (Å²) in [6, 6.07) is 7.22. The van der Waals surface area contributed by atoms with Crippen LogP contribution in [0.4, 0.5) is 0 Å². The Kier molecular flexibility index (Phi) is 5.41. The van der Waals surface area contributed by atoms with Gasteiger partial charge in [-0.05, 0) is 31.5 Å². The summed E-state index contributed by atoms with van der Waals surface area (Å²) in [5.41, 5.74) is 1.41. The lowest BCUT2D eigenvalue weighted by Gasteiger charge is -2.13. The van der Waals surface area contributed by atoms with E-state index >= 15 is 0 Å². The van der Waals surface area contributed by atoms with Crippen LogP contribution in [-0.4, -0.2) is 36.5 Å². The summed E-state index contributed by atoms with van der Waals surface area (Å²) < 4.78 is 12.3. The lowest BCUT2D eigenvalue weighted by Crippen LogP contribution is -2.26. The second kappa shape index (κ2) is 7.49. The maximum atomic E-state index is 12.3. The van der Waals surface area contributed by atoms with Gasteiger partial charge in [-0.3, -0.25) is 9.48 Å². The Labute approximate surface area is 130 Å². The van der Waals surface area contributed by atoms with Gasteiger partial charge in [0.2, 0.25) is 0 Å². The fourth-order valence-electron chi connectivity index (χ4n) is 2.19. The average molecular weight is 303 g/mol. The first-order valence-electron chi connectivity index (χ1n) is 7.15. The Hall–Kier alpha value is -2.50. The third kappa shape index (κ3) is 3.78. The predicted octanol–water partition coefficient (Wildman–Crippen LogP) is 2.03. The molecule has 1 aromatic carbocycles. The topological polar surface area (TPSA) is 65.4 Å². The van der Waals surface area contributed by atoms with Crippen molar-refractivity contribution in [2.45, 2.75) is 19.9 Å². The van der Waals surface area contributed by atoms with Crippen molar-refractivity contribution in [1.82, 2.24) is 15.1 Å². The molecule has 0 saturated carbocycles. The van der Waals surface area contributed by atoms with Crippen LogP contribution in [0.2, 0.25) is 0 Å². The number of hydrogen-bond donors (Lipinski definition) is 1. The molecule has 1 heterocycles. The molecule has 1 aromatic heterocycles. The molecule has 0 aliphatic carbocycles. The summed E-state index contributed by atoms with van der Waals surface area (Å²) >= 11 is 0. The van der Waals surface area contributed by atoms with Crippen LogP contribution in [-0.2, 0) is 6.54 Å². The highest BCUT2D eigenvalue weighted by atomic mass is 16.5. The Morgan fingerprint density at radius 3 is 2.45 bits per heavy atom. The van der Waals surface area contributed by atoms with Gasteiger partial charge in [-0.15, -0.1) is 0 Å². The summed E-state index contributed by atoms with van der Waals surface area (Å²) in [6.07, 6.45) is 2.73. The molecule has 1 N–H and O–H groups in total. The summed E-state index contributed by atoms with van der Waals surface area (Å²) in [5.74, 6) is 0.796. The third-order valence-electron chi connectivity index (χ3n) is 3.28. The molecule has 0 unspecified atom stereocenters. The fourth-order valence-corrected chi connectivity index (χ4v) is 2.19. The molecular weight excluding hydrogens is 282 g/mol. The van der Waals surface area contributed by atoms with Gasteiger partial charge < -0.3 is 14.8 Å². The zero-order chi connectivity index (χ0) is 15.9. The zero-order valence-corrected chi connectivity index (χ0v) is 13.1. The van der Waals surface area contributed by atoms with Gasteiger partial charge in [-0.1, -0.05) is 6.07 Å². The number of nitrogens with one attached hydrogen (secondary N) is 1. The van der Waals surface area contributed by atoms with E-state index in [2.05, 4.69) is 10.4 Å². The first-order chi connectivity index (χ1) is 10.7. The van der Waals surface area contributed by atoms with E-state index in [1.165, 1.54) is 14.2 Å². The molecule has 6 heteroatoms. The van der Waals surface area contributed by atoms with Gasteiger partial charge in [0.25, 0.3) is 5.91 Å². The van der Waals surface area contributed by atoms with Crippen LogP contribution in [0.25, 0.3) is 0 Å². The first-order valence-corrected chi connectivity index (χ1v) is 7.15. The van der Waals surface area contributed by atoms with Crippen molar-refractivity contribution in [2.75, 3.05) is 20.8 Å². The number of aromatic nitrogens is 2. The molecule has 2 rings (SSSR count). The number of aryl methyl sites for hydroxylation is 2. The molecule has 22 heavy (non-hydrogen) atoms. The molecule has 1 amide bonds. The summed E-state index contributed by atoms with van der Waals surface area (Å²) in [4.78, 5) is 12.3. The number of benzene rings is 1. The number of amides is 1. The van der Waals surface area contributed by atoms with Crippen molar-refractivity contribution < 1.29 is 14.3 Å². The largest absolute Gasteiger partial charge is 0.496 e. The van der Waals surface area contributed by atoms with Gasteiger partial charge in [0.1, 0.15) is 17.1 Å². The minimum Gasteiger partial charge on any atom is -0.496 e. The molecule has 0 radical (unpaired) electrons. The van der Waals surface area contributed by atoms with Gasteiger partial charge in [-0.2, -0.15) is 5.10 Å². The van der Waals surface area contributed by atoms with Gasteiger partial charge in [0, 0.05) is 19.3 Å². The fraction of sp³-hybridized carbons (Fsp3) is 0.375. The highest BCUT2D eigenvalue weighted by molar-refractivity contribution is 5.99. The SMILES string of the molecule is COc1cccc(OC)c1C(=O)NCCCn1ccc(C)n1. The highest BCUT2D eigenvalue weighted by Gasteiger charge is 2.17. The summed E-state index contributed by atoms with van der Waals surface area (Å²) in [5, 5.41) is 7.19. The van der Waals surface area contributed by atoms with Crippen LogP contribution in [0.1, 0.15) is 22.5 Å². The molecule has 0 aliphatic heterocycles. The Balaban J connectivity index is 1.92. The smallest absolute Gasteiger partial charge is 0.258 e. The maximum Gasteiger partial charge on any atom is 0.258 e. The molecule has 2 aromatic rings. The van der Waals surface area contributed by atoms with E-state index in [4.69, 9.17) is 9.47 Å². The minimum absolute atomic E-state index is 0.203. The van der Waals surface area contributed by atoms with Gasteiger partial charge in [-0.25, -0.2) is 0 Å². The van der Waals surface area contributed by atoms with E-state index in [1.54, 1.807) is 18.2 Å². The Morgan fingerprint density at radius 1 is 1.23 bits per heavy atom. The number of hydrogen-bond acceptors (Lipinski definition) is 4. The van der Waals surface area contributed by atoms with Crippen LogP contribution in [0.3, 0.4) is 0 Å². The third-order valence-corrected chi connectivity index (χ3v) is 3.28. The van der Waals surface area contributed by atoms with Crippen molar-refractivity contribution in [3.05, 3.63) is 41.7 Å². The number of ether oxygens (including phenoxy) is 2. The molecule has 118 valence electrons. The van der Waals surface area contributed by atoms with E-state index in [9.17, 15) is 4.79 Å². The quantitative estimate of drug-likeness (QED) is 0.795. The molecular formula is C16H21N3O3. The van der Waals surface area contributed by atoms with Gasteiger partial charge >= 0.3 is 0 Å². The van der Waals surface area contributed by atoms with Crippen LogP contribution >= 0.6 is 0 Å². The number of carbonyl (C=O) groups excluding carboxylic acids is 1. The van der Waals surface area contributed by atoms with Crippen molar-refractivity contribution in [3.63, 3.8) is 0 Å². The monoisotopic (exact) mass is 303 g/mol. The number of nitrogens with zero attached hydrogens (tertiary/aromatic N) is 2. The molecule has 0 spiro atoms. The summed E-state index contributed by atoms with van der Waals surface area (Å²) in [7, 11) is 3.07. The van der Waals surface area contributed by atoms with Crippen molar-refractivity contribution in [3.8, 4) is 11.5 Å². The van der Waals surface area contributed by atoms with Crippen molar-refractivity contribution in [1.29, 1.82) is 0 Å². The number of carbonyl (C=O) groups is 1. The minimum atomic E-state index is -0.203. The van der Waals surface area contributed by atoms with Gasteiger partial charge in [0.05, 0.1) is 19.9 Å².